The maximum Gasteiger partial charge on any atom is 0.0948 e. The van der Waals surface area contributed by atoms with Gasteiger partial charge in [0.25, 0.3) is 0 Å². The highest BCUT2D eigenvalue weighted by Crippen LogP contribution is 2.19. The Balaban J connectivity index is 2.00. The molecule has 0 aromatic heterocycles. The lowest BCUT2D eigenvalue weighted by atomic mass is 10.1. The number of hydrogen-bond acceptors (Lipinski definition) is 3. The molecule has 1 unspecified atom stereocenters. The van der Waals surface area contributed by atoms with E-state index in [1.807, 2.05) is 0 Å². The molecule has 3 heteroatoms. The molecule has 1 aromatic rings. The minimum Gasteiger partial charge on any atom is -0.375 e. The second-order valence-corrected chi connectivity index (χ2v) is 4.69. The first-order valence-electron chi connectivity index (χ1n) is 6.32. The zero-order valence-electron chi connectivity index (χ0n) is 10.8. The van der Waals surface area contributed by atoms with Crippen LogP contribution in [0.3, 0.4) is 0 Å². The van der Waals surface area contributed by atoms with Gasteiger partial charge in [0.1, 0.15) is 0 Å². The summed E-state index contributed by atoms with van der Waals surface area (Å²) in [6, 6.07) is 8.61. The zero-order valence-corrected chi connectivity index (χ0v) is 10.8. The Bertz CT molecular complexity index is 348. The monoisotopic (exact) mass is 234 g/mol. The number of methoxy groups -OCH3 is 1. The SMILES string of the molecule is COC(CN1CCNCC1)c1cccc(C)c1. The molecule has 2 rings (SSSR count). The maximum absolute atomic E-state index is 5.63. The van der Waals surface area contributed by atoms with Crippen LogP contribution in [0.1, 0.15) is 17.2 Å². The van der Waals surface area contributed by atoms with Gasteiger partial charge in [-0.2, -0.15) is 0 Å². The molecule has 17 heavy (non-hydrogen) atoms. The zero-order chi connectivity index (χ0) is 12.1. The molecule has 1 saturated heterocycles. The van der Waals surface area contributed by atoms with Crippen LogP contribution in [0.5, 0.6) is 0 Å². The van der Waals surface area contributed by atoms with E-state index in [0.717, 1.165) is 32.7 Å². The topological polar surface area (TPSA) is 24.5 Å². The molecule has 1 heterocycles. The summed E-state index contributed by atoms with van der Waals surface area (Å²) in [4.78, 5) is 2.47. The Labute approximate surface area is 104 Å². The van der Waals surface area contributed by atoms with Crippen LogP contribution in [-0.4, -0.2) is 44.7 Å². The molecule has 1 aliphatic heterocycles. The fourth-order valence-corrected chi connectivity index (χ4v) is 2.31. The van der Waals surface area contributed by atoms with Gasteiger partial charge in [0.15, 0.2) is 0 Å². The highest BCUT2D eigenvalue weighted by atomic mass is 16.5. The van der Waals surface area contributed by atoms with Gasteiger partial charge >= 0.3 is 0 Å². The van der Waals surface area contributed by atoms with Gasteiger partial charge in [-0.05, 0) is 12.5 Å². The second kappa shape index (κ2) is 6.15. The summed E-state index contributed by atoms with van der Waals surface area (Å²) < 4.78 is 5.63. The van der Waals surface area contributed by atoms with E-state index in [-0.39, 0.29) is 6.10 Å². The predicted molar refractivity (Wildman–Crippen MR) is 70.2 cm³/mol. The van der Waals surface area contributed by atoms with Crippen molar-refractivity contribution in [3.05, 3.63) is 35.4 Å². The first kappa shape index (κ1) is 12.6. The lowest BCUT2D eigenvalue weighted by molar-refractivity contribution is 0.0594. The Morgan fingerprint density at radius 3 is 2.76 bits per heavy atom. The second-order valence-electron chi connectivity index (χ2n) is 4.69. The van der Waals surface area contributed by atoms with E-state index in [1.54, 1.807) is 7.11 Å². The molecule has 0 saturated carbocycles. The van der Waals surface area contributed by atoms with Gasteiger partial charge in [-0.15, -0.1) is 0 Å². The van der Waals surface area contributed by atoms with Gasteiger partial charge in [-0.1, -0.05) is 29.8 Å². The van der Waals surface area contributed by atoms with Crippen LogP contribution in [0.15, 0.2) is 24.3 Å². The summed E-state index contributed by atoms with van der Waals surface area (Å²) in [6.45, 7) is 7.52. The summed E-state index contributed by atoms with van der Waals surface area (Å²) in [5.74, 6) is 0. The van der Waals surface area contributed by atoms with Crippen LogP contribution in [0.2, 0.25) is 0 Å². The molecule has 0 spiro atoms. The summed E-state index contributed by atoms with van der Waals surface area (Å²) in [5.41, 5.74) is 2.58. The number of hydrogen-bond donors (Lipinski definition) is 1. The fraction of sp³-hybridized carbons (Fsp3) is 0.571. The first-order valence-corrected chi connectivity index (χ1v) is 6.32. The molecule has 1 aliphatic rings. The molecule has 1 atom stereocenters. The molecule has 0 bridgehead atoms. The maximum atomic E-state index is 5.63. The van der Waals surface area contributed by atoms with Crippen LogP contribution in [0.25, 0.3) is 0 Å². The van der Waals surface area contributed by atoms with E-state index in [9.17, 15) is 0 Å². The van der Waals surface area contributed by atoms with E-state index in [0.29, 0.717) is 0 Å². The predicted octanol–water partition coefficient (Wildman–Crippen LogP) is 1.59. The van der Waals surface area contributed by atoms with Crippen molar-refractivity contribution in [1.82, 2.24) is 10.2 Å². The third-order valence-electron chi connectivity index (χ3n) is 3.33. The van der Waals surface area contributed by atoms with Gasteiger partial charge in [0, 0.05) is 39.8 Å². The number of ether oxygens (including phenoxy) is 1. The normalized spacial score (nSPS) is 19.2. The van der Waals surface area contributed by atoms with E-state index >= 15 is 0 Å². The average molecular weight is 234 g/mol. The number of aryl methyl sites for hydroxylation is 1. The molecule has 3 nitrogen and oxygen atoms in total. The minimum absolute atomic E-state index is 0.188. The first-order chi connectivity index (χ1) is 8.29. The Morgan fingerprint density at radius 2 is 2.12 bits per heavy atom. The van der Waals surface area contributed by atoms with Gasteiger partial charge in [0.05, 0.1) is 6.10 Å². The minimum atomic E-state index is 0.188. The lowest BCUT2D eigenvalue weighted by Gasteiger charge is -2.30. The van der Waals surface area contributed by atoms with Crippen molar-refractivity contribution in [2.45, 2.75) is 13.0 Å². The molecule has 1 fully saturated rings. The fourth-order valence-electron chi connectivity index (χ4n) is 2.31. The van der Waals surface area contributed by atoms with E-state index in [4.69, 9.17) is 4.74 Å². The van der Waals surface area contributed by atoms with E-state index in [2.05, 4.69) is 41.4 Å². The number of benzene rings is 1. The molecule has 0 aliphatic carbocycles. The molecular formula is C14H22N2O. The largest absolute Gasteiger partial charge is 0.375 e. The van der Waals surface area contributed by atoms with Gasteiger partial charge in [-0.3, -0.25) is 4.90 Å². The van der Waals surface area contributed by atoms with Crippen molar-refractivity contribution < 1.29 is 4.74 Å². The standard InChI is InChI=1S/C14H22N2O/c1-12-4-3-5-13(10-12)14(17-2)11-16-8-6-15-7-9-16/h3-5,10,14-15H,6-9,11H2,1-2H3. The summed E-state index contributed by atoms with van der Waals surface area (Å²) in [6.07, 6.45) is 0.188. The summed E-state index contributed by atoms with van der Waals surface area (Å²) in [5, 5.41) is 3.37. The van der Waals surface area contributed by atoms with Crippen LogP contribution in [0.4, 0.5) is 0 Å². The van der Waals surface area contributed by atoms with E-state index < -0.39 is 0 Å². The van der Waals surface area contributed by atoms with Crippen LogP contribution >= 0.6 is 0 Å². The third kappa shape index (κ3) is 3.53. The third-order valence-corrected chi connectivity index (χ3v) is 3.33. The number of nitrogens with one attached hydrogen (secondary N) is 1. The Morgan fingerprint density at radius 1 is 1.35 bits per heavy atom. The average Bonchev–Trinajstić information content (AvgIpc) is 2.37. The summed E-state index contributed by atoms with van der Waals surface area (Å²) in [7, 11) is 1.80. The van der Waals surface area contributed by atoms with Crippen molar-refractivity contribution in [3.8, 4) is 0 Å². The van der Waals surface area contributed by atoms with Gasteiger partial charge < -0.3 is 10.1 Å². The van der Waals surface area contributed by atoms with Crippen molar-refractivity contribution in [3.63, 3.8) is 0 Å². The number of rotatable bonds is 4. The molecule has 94 valence electrons. The van der Waals surface area contributed by atoms with Crippen LogP contribution in [-0.2, 0) is 4.74 Å². The lowest BCUT2D eigenvalue weighted by Crippen LogP contribution is -2.45. The van der Waals surface area contributed by atoms with Crippen molar-refractivity contribution in [2.24, 2.45) is 0 Å². The highest BCUT2D eigenvalue weighted by molar-refractivity contribution is 5.24. The van der Waals surface area contributed by atoms with Gasteiger partial charge in [-0.25, -0.2) is 0 Å². The van der Waals surface area contributed by atoms with Crippen molar-refractivity contribution >= 4 is 0 Å². The highest BCUT2D eigenvalue weighted by Gasteiger charge is 2.17. The van der Waals surface area contributed by atoms with Crippen LogP contribution in [0, 0.1) is 6.92 Å². The van der Waals surface area contributed by atoms with Crippen molar-refractivity contribution in [1.29, 1.82) is 0 Å². The molecule has 1 aromatic carbocycles. The van der Waals surface area contributed by atoms with Crippen LogP contribution < -0.4 is 5.32 Å². The number of piperazine rings is 1. The van der Waals surface area contributed by atoms with Gasteiger partial charge in [0.2, 0.25) is 0 Å². The smallest absolute Gasteiger partial charge is 0.0948 e. The Kier molecular flexibility index (Phi) is 4.54. The molecular weight excluding hydrogens is 212 g/mol. The quantitative estimate of drug-likeness (QED) is 0.856. The Hall–Kier alpha value is -0.900. The molecule has 1 N–H and O–H groups in total. The molecule has 0 amide bonds. The molecule has 0 radical (unpaired) electrons. The van der Waals surface area contributed by atoms with E-state index in [1.165, 1.54) is 11.1 Å². The number of nitrogens with zero attached hydrogens (tertiary/aromatic N) is 1. The summed E-state index contributed by atoms with van der Waals surface area (Å²) >= 11 is 0. The van der Waals surface area contributed by atoms with Crippen molar-refractivity contribution in [2.75, 3.05) is 39.8 Å².